The van der Waals surface area contributed by atoms with Crippen molar-refractivity contribution in [3.8, 4) is 0 Å². The smallest absolute Gasteiger partial charge is 0.335 e. The number of nitrogens with zero attached hydrogens (tertiary/aromatic N) is 2. The standard InChI is InChI=1S/C15H17FN2O6/c1-17(2)13(20)8-5-9(16)7-10(6-8)18-3-4-24-12(14(18)21)11(19)15(22)23/h5-7,11-12,19H,3-4H2,1-2H3,(H,22,23). The van der Waals surface area contributed by atoms with Crippen LogP contribution in [0.25, 0.3) is 0 Å². The molecule has 9 heteroatoms. The van der Waals surface area contributed by atoms with Crippen molar-refractivity contribution in [3.05, 3.63) is 29.6 Å². The number of aliphatic hydroxyl groups is 1. The topological polar surface area (TPSA) is 107 Å². The van der Waals surface area contributed by atoms with Crippen LogP contribution in [-0.4, -0.2) is 72.4 Å². The predicted octanol–water partition coefficient (Wildman–Crippen LogP) is -0.295. The molecule has 0 aromatic heterocycles. The summed E-state index contributed by atoms with van der Waals surface area (Å²) in [6.45, 7) is 0.00887. The van der Waals surface area contributed by atoms with E-state index in [2.05, 4.69) is 0 Å². The van der Waals surface area contributed by atoms with Gasteiger partial charge in [-0.25, -0.2) is 9.18 Å². The fourth-order valence-corrected chi connectivity index (χ4v) is 2.33. The monoisotopic (exact) mass is 340 g/mol. The number of carboxylic acids is 1. The van der Waals surface area contributed by atoms with Crippen molar-refractivity contribution < 1.29 is 33.7 Å². The number of ether oxygens (including phenoxy) is 1. The van der Waals surface area contributed by atoms with Crippen LogP contribution < -0.4 is 4.90 Å². The molecule has 2 N–H and O–H groups in total. The highest BCUT2D eigenvalue weighted by Gasteiger charge is 2.39. The average molecular weight is 340 g/mol. The van der Waals surface area contributed by atoms with Gasteiger partial charge >= 0.3 is 5.97 Å². The number of carboxylic acid groups (broad SMARTS) is 1. The number of amides is 2. The van der Waals surface area contributed by atoms with E-state index in [1.54, 1.807) is 0 Å². The van der Waals surface area contributed by atoms with Gasteiger partial charge in [0.25, 0.3) is 11.8 Å². The molecule has 130 valence electrons. The molecule has 8 nitrogen and oxygen atoms in total. The Morgan fingerprint density at radius 1 is 1.38 bits per heavy atom. The van der Waals surface area contributed by atoms with Gasteiger partial charge in [0.15, 0.2) is 12.2 Å². The highest BCUT2D eigenvalue weighted by atomic mass is 19.1. The van der Waals surface area contributed by atoms with Crippen LogP contribution >= 0.6 is 0 Å². The summed E-state index contributed by atoms with van der Waals surface area (Å²) in [6.07, 6.45) is -3.62. The van der Waals surface area contributed by atoms with Crippen molar-refractivity contribution in [2.24, 2.45) is 0 Å². The molecule has 1 aromatic carbocycles. The Labute approximate surface area is 137 Å². The summed E-state index contributed by atoms with van der Waals surface area (Å²) in [5.74, 6) is -3.58. The van der Waals surface area contributed by atoms with Gasteiger partial charge in [-0.3, -0.25) is 9.59 Å². The van der Waals surface area contributed by atoms with E-state index < -0.39 is 35.8 Å². The second-order valence-corrected chi connectivity index (χ2v) is 5.46. The molecule has 1 aliphatic heterocycles. The van der Waals surface area contributed by atoms with E-state index in [1.165, 1.54) is 25.1 Å². The van der Waals surface area contributed by atoms with E-state index in [1.807, 2.05) is 0 Å². The van der Waals surface area contributed by atoms with Crippen molar-refractivity contribution in [2.75, 3.05) is 32.1 Å². The Hall–Kier alpha value is -2.52. The van der Waals surface area contributed by atoms with E-state index in [9.17, 15) is 23.9 Å². The first kappa shape index (κ1) is 17.8. The SMILES string of the molecule is CN(C)C(=O)c1cc(F)cc(N2CCOC(C(O)C(=O)O)C2=O)c1. The minimum atomic E-state index is -2.03. The largest absolute Gasteiger partial charge is 0.479 e. The molecule has 0 radical (unpaired) electrons. The molecule has 2 amide bonds. The van der Waals surface area contributed by atoms with Gasteiger partial charge < -0.3 is 24.7 Å². The number of hydrogen-bond acceptors (Lipinski definition) is 5. The molecule has 2 atom stereocenters. The maximum absolute atomic E-state index is 13.8. The van der Waals surface area contributed by atoms with Crippen molar-refractivity contribution in [2.45, 2.75) is 12.2 Å². The maximum atomic E-state index is 13.8. The van der Waals surface area contributed by atoms with Gasteiger partial charge in [-0.2, -0.15) is 0 Å². The summed E-state index contributed by atoms with van der Waals surface area (Å²) in [6, 6.07) is 3.43. The molecule has 1 aliphatic rings. The summed E-state index contributed by atoms with van der Waals surface area (Å²) in [4.78, 5) is 37.5. The lowest BCUT2D eigenvalue weighted by Gasteiger charge is -2.33. The van der Waals surface area contributed by atoms with Gasteiger partial charge in [0.05, 0.1) is 6.61 Å². The molecule has 2 unspecified atom stereocenters. The zero-order valence-corrected chi connectivity index (χ0v) is 13.1. The van der Waals surface area contributed by atoms with Gasteiger partial charge in [-0.15, -0.1) is 0 Å². The molecular formula is C15H17FN2O6. The average Bonchev–Trinajstić information content (AvgIpc) is 2.52. The van der Waals surface area contributed by atoms with Crippen molar-refractivity contribution in [1.82, 2.24) is 4.90 Å². The molecule has 24 heavy (non-hydrogen) atoms. The predicted molar refractivity (Wildman–Crippen MR) is 80.2 cm³/mol. The fraction of sp³-hybridized carbons (Fsp3) is 0.400. The van der Waals surface area contributed by atoms with Crippen LogP contribution in [0.3, 0.4) is 0 Å². The molecule has 0 saturated carbocycles. The maximum Gasteiger partial charge on any atom is 0.335 e. The number of carbonyl (C=O) groups is 3. The summed E-state index contributed by atoms with van der Waals surface area (Å²) in [5.41, 5.74) is 0.140. The number of morpholine rings is 1. The molecule has 1 saturated heterocycles. The minimum Gasteiger partial charge on any atom is -0.479 e. The third-order valence-electron chi connectivity index (χ3n) is 3.51. The minimum absolute atomic E-state index is 0.0335. The first-order valence-electron chi connectivity index (χ1n) is 7.08. The van der Waals surface area contributed by atoms with E-state index in [0.717, 1.165) is 17.0 Å². The summed E-state index contributed by atoms with van der Waals surface area (Å²) < 4.78 is 18.9. The van der Waals surface area contributed by atoms with E-state index in [4.69, 9.17) is 9.84 Å². The van der Waals surface area contributed by atoms with Crippen LogP contribution in [0.1, 0.15) is 10.4 Å². The molecule has 1 aromatic rings. The summed E-state index contributed by atoms with van der Waals surface area (Å²) in [7, 11) is 3.01. The Kier molecular flexibility index (Phi) is 5.15. The Balaban J connectivity index is 2.35. The molecule has 0 aliphatic carbocycles. The lowest BCUT2D eigenvalue weighted by atomic mass is 10.1. The normalized spacial score (nSPS) is 19.1. The number of carbonyl (C=O) groups excluding carboxylic acids is 2. The van der Waals surface area contributed by atoms with Crippen LogP contribution in [-0.2, 0) is 14.3 Å². The van der Waals surface area contributed by atoms with E-state index in [-0.39, 0.29) is 24.4 Å². The third-order valence-corrected chi connectivity index (χ3v) is 3.51. The number of aliphatic hydroxyl groups excluding tert-OH is 1. The molecule has 1 fully saturated rings. The highest BCUT2D eigenvalue weighted by molar-refractivity contribution is 6.01. The quantitative estimate of drug-likeness (QED) is 0.780. The summed E-state index contributed by atoms with van der Waals surface area (Å²) in [5, 5.41) is 18.4. The third kappa shape index (κ3) is 3.52. The number of hydrogen-bond donors (Lipinski definition) is 2. The zero-order chi connectivity index (χ0) is 18.0. The summed E-state index contributed by atoms with van der Waals surface area (Å²) >= 11 is 0. The first-order valence-corrected chi connectivity index (χ1v) is 7.08. The fourth-order valence-electron chi connectivity index (χ4n) is 2.33. The second kappa shape index (κ2) is 6.93. The van der Waals surface area contributed by atoms with Gasteiger partial charge in [0, 0.05) is 31.9 Å². The number of anilines is 1. The van der Waals surface area contributed by atoms with E-state index >= 15 is 0 Å². The van der Waals surface area contributed by atoms with Gasteiger partial charge in [-0.1, -0.05) is 0 Å². The van der Waals surface area contributed by atoms with Crippen LogP contribution in [0.4, 0.5) is 10.1 Å². The van der Waals surface area contributed by atoms with Crippen molar-refractivity contribution >= 4 is 23.5 Å². The Bertz CT molecular complexity index is 678. The Morgan fingerprint density at radius 2 is 2.04 bits per heavy atom. The van der Waals surface area contributed by atoms with E-state index in [0.29, 0.717) is 0 Å². The van der Waals surface area contributed by atoms with Crippen LogP contribution in [0.2, 0.25) is 0 Å². The molecule has 0 bridgehead atoms. The van der Waals surface area contributed by atoms with Crippen molar-refractivity contribution in [3.63, 3.8) is 0 Å². The van der Waals surface area contributed by atoms with Crippen molar-refractivity contribution in [1.29, 1.82) is 0 Å². The Morgan fingerprint density at radius 3 is 2.62 bits per heavy atom. The molecular weight excluding hydrogens is 323 g/mol. The lowest BCUT2D eigenvalue weighted by Crippen LogP contribution is -2.54. The highest BCUT2D eigenvalue weighted by Crippen LogP contribution is 2.23. The van der Waals surface area contributed by atoms with Crippen LogP contribution in [0.15, 0.2) is 18.2 Å². The number of halogens is 1. The van der Waals surface area contributed by atoms with Gasteiger partial charge in [0.1, 0.15) is 5.82 Å². The molecule has 2 rings (SSSR count). The molecule has 0 spiro atoms. The number of rotatable bonds is 4. The van der Waals surface area contributed by atoms with Crippen LogP contribution in [0, 0.1) is 5.82 Å². The van der Waals surface area contributed by atoms with Gasteiger partial charge in [0.2, 0.25) is 0 Å². The molecule has 1 heterocycles. The first-order chi connectivity index (χ1) is 11.2. The van der Waals surface area contributed by atoms with Gasteiger partial charge in [-0.05, 0) is 18.2 Å². The second-order valence-electron chi connectivity index (χ2n) is 5.46. The number of aliphatic carboxylic acids is 1. The zero-order valence-electron chi connectivity index (χ0n) is 13.1. The number of benzene rings is 1. The lowest BCUT2D eigenvalue weighted by molar-refractivity contribution is -0.163. The van der Waals surface area contributed by atoms with Crippen LogP contribution in [0.5, 0.6) is 0 Å².